The molecule has 23 heavy (non-hydrogen) atoms. The zero-order valence-electron chi connectivity index (χ0n) is 13.2. The number of oxazole rings is 1. The number of hydrogen-bond acceptors (Lipinski definition) is 7. The highest BCUT2D eigenvalue weighted by atomic mass is 16.6. The number of rotatable bonds is 5. The molecule has 2 aromatic heterocycles. The van der Waals surface area contributed by atoms with Crippen molar-refractivity contribution >= 4 is 11.5 Å². The van der Waals surface area contributed by atoms with E-state index in [0.717, 1.165) is 36.9 Å². The molecule has 8 heteroatoms. The van der Waals surface area contributed by atoms with E-state index >= 15 is 0 Å². The molecule has 1 fully saturated rings. The summed E-state index contributed by atoms with van der Waals surface area (Å²) in [4.78, 5) is 20.9. The van der Waals surface area contributed by atoms with Gasteiger partial charge < -0.3 is 9.73 Å². The van der Waals surface area contributed by atoms with Gasteiger partial charge in [-0.05, 0) is 26.3 Å². The summed E-state index contributed by atoms with van der Waals surface area (Å²) in [5.74, 6) is 2.27. The average molecular weight is 317 g/mol. The quantitative estimate of drug-likeness (QED) is 0.667. The molecule has 1 N–H and O–H groups in total. The normalized spacial score (nSPS) is 18.3. The van der Waals surface area contributed by atoms with Crippen LogP contribution in [0.5, 0.6) is 0 Å². The summed E-state index contributed by atoms with van der Waals surface area (Å²) < 4.78 is 5.62. The fourth-order valence-electron chi connectivity index (χ4n) is 2.68. The van der Waals surface area contributed by atoms with Crippen LogP contribution in [0.2, 0.25) is 0 Å². The number of pyridine rings is 1. The van der Waals surface area contributed by atoms with E-state index in [0.29, 0.717) is 12.4 Å². The molecule has 0 unspecified atom stereocenters. The first-order valence-electron chi connectivity index (χ1n) is 7.53. The molecule has 1 aliphatic heterocycles. The van der Waals surface area contributed by atoms with Crippen LogP contribution in [-0.4, -0.2) is 38.9 Å². The largest absolute Gasteiger partial charge is 0.444 e. The molecule has 0 spiro atoms. The lowest BCUT2D eigenvalue weighted by atomic mass is 10.2. The molecule has 3 heterocycles. The van der Waals surface area contributed by atoms with Gasteiger partial charge in [0.1, 0.15) is 17.8 Å². The molecule has 0 aromatic carbocycles. The Balaban J connectivity index is 1.54. The fraction of sp³-hybridized carbons (Fsp3) is 0.467. The van der Waals surface area contributed by atoms with Crippen molar-refractivity contribution in [3.05, 3.63) is 45.8 Å². The molecular formula is C15H19N5O3. The van der Waals surface area contributed by atoms with Crippen LogP contribution in [0.3, 0.4) is 0 Å². The monoisotopic (exact) mass is 317 g/mol. The summed E-state index contributed by atoms with van der Waals surface area (Å²) in [6.07, 6.45) is 2.25. The third-order valence-corrected chi connectivity index (χ3v) is 4.01. The highest BCUT2D eigenvalue weighted by molar-refractivity contribution is 5.41. The Hall–Kier alpha value is -2.48. The first-order chi connectivity index (χ1) is 11.0. The molecular weight excluding hydrogens is 298 g/mol. The molecule has 2 aromatic rings. The van der Waals surface area contributed by atoms with E-state index < -0.39 is 4.92 Å². The van der Waals surface area contributed by atoms with Crippen molar-refractivity contribution in [2.24, 2.45) is 0 Å². The van der Waals surface area contributed by atoms with Crippen molar-refractivity contribution < 1.29 is 9.34 Å². The lowest BCUT2D eigenvalue weighted by molar-refractivity contribution is -0.385. The van der Waals surface area contributed by atoms with Gasteiger partial charge in [-0.3, -0.25) is 15.0 Å². The molecule has 0 amide bonds. The summed E-state index contributed by atoms with van der Waals surface area (Å²) in [5.41, 5.74) is 0.933. The van der Waals surface area contributed by atoms with Gasteiger partial charge in [-0.1, -0.05) is 0 Å². The first kappa shape index (κ1) is 15.4. The summed E-state index contributed by atoms with van der Waals surface area (Å²) in [5, 5.41) is 13.9. The minimum absolute atomic E-state index is 0.00164. The molecule has 0 aliphatic carbocycles. The van der Waals surface area contributed by atoms with E-state index in [1.807, 2.05) is 13.8 Å². The molecule has 122 valence electrons. The molecule has 8 nitrogen and oxygen atoms in total. The molecule has 1 atom stereocenters. The van der Waals surface area contributed by atoms with E-state index in [-0.39, 0.29) is 11.7 Å². The lowest BCUT2D eigenvalue weighted by Gasteiger charge is -2.15. The smallest absolute Gasteiger partial charge is 0.287 e. The van der Waals surface area contributed by atoms with Gasteiger partial charge >= 0.3 is 0 Å². The van der Waals surface area contributed by atoms with Gasteiger partial charge in [-0.2, -0.15) is 0 Å². The van der Waals surface area contributed by atoms with Crippen molar-refractivity contribution in [3.63, 3.8) is 0 Å². The highest BCUT2D eigenvalue weighted by Crippen LogP contribution is 2.19. The topological polar surface area (TPSA) is 97.3 Å². The van der Waals surface area contributed by atoms with Crippen LogP contribution >= 0.6 is 0 Å². The summed E-state index contributed by atoms with van der Waals surface area (Å²) in [6.45, 7) is 6.36. The molecule has 0 saturated carbocycles. The van der Waals surface area contributed by atoms with Gasteiger partial charge in [0.25, 0.3) is 5.69 Å². The maximum absolute atomic E-state index is 10.6. The van der Waals surface area contributed by atoms with Crippen LogP contribution in [0.25, 0.3) is 0 Å². The molecule has 3 rings (SSSR count). The third kappa shape index (κ3) is 3.65. The lowest BCUT2D eigenvalue weighted by Crippen LogP contribution is -2.26. The summed E-state index contributed by atoms with van der Waals surface area (Å²) >= 11 is 0. The van der Waals surface area contributed by atoms with Crippen LogP contribution in [0.4, 0.5) is 11.5 Å². The number of likely N-dealkylation sites (tertiary alicyclic amines) is 1. The number of hydrogen-bond donors (Lipinski definition) is 1. The zero-order chi connectivity index (χ0) is 16.4. The number of nitrogens with zero attached hydrogens (tertiary/aromatic N) is 4. The predicted octanol–water partition coefficient (Wildman–Crippen LogP) is 2.28. The number of anilines is 1. The van der Waals surface area contributed by atoms with Gasteiger partial charge in [0.15, 0.2) is 0 Å². The second-order valence-corrected chi connectivity index (χ2v) is 5.77. The second kappa shape index (κ2) is 6.33. The second-order valence-electron chi connectivity index (χ2n) is 5.77. The van der Waals surface area contributed by atoms with Crippen LogP contribution < -0.4 is 5.32 Å². The Kier molecular flexibility index (Phi) is 4.24. The van der Waals surface area contributed by atoms with Gasteiger partial charge in [0.05, 0.1) is 17.2 Å². The van der Waals surface area contributed by atoms with Crippen molar-refractivity contribution in [2.45, 2.75) is 32.9 Å². The summed E-state index contributed by atoms with van der Waals surface area (Å²) in [6, 6.07) is 3.36. The van der Waals surface area contributed by atoms with E-state index in [4.69, 9.17) is 4.42 Å². The predicted molar refractivity (Wildman–Crippen MR) is 84.2 cm³/mol. The van der Waals surface area contributed by atoms with Gasteiger partial charge in [-0.15, -0.1) is 0 Å². The average Bonchev–Trinajstić information content (AvgIpc) is 3.07. The Morgan fingerprint density at radius 3 is 2.91 bits per heavy atom. The highest BCUT2D eigenvalue weighted by Gasteiger charge is 2.24. The number of nitrogens with one attached hydrogen (secondary N) is 1. The molecule has 1 saturated heterocycles. The van der Waals surface area contributed by atoms with Crippen molar-refractivity contribution in [1.82, 2.24) is 14.9 Å². The van der Waals surface area contributed by atoms with Crippen LogP contribution in [0.1, 0.15) is 23.8 Å². The van der Waals surface area contributed by atoms with Gasteiger partial charge in [0, 0.05) is 25.2 Å². The van der Waals surface area contributed by atoms with E-state index in [1.165, 1.54) is 12.3 Å². The Morgan fingerprint density at radius 2 is 2.30 bits per heavy atom. The first-order valence-corrected chi connectivity index (χ1v) is 7.53. The van der Waals surface area contributed by atoms with E-state index in [9.17, 15) is 10.1 Å². The van der Waals surface area contributed by atoms with Gasteiger partial charge in [0.2, 0.25) is 5.89 Å². The SMILES string of the molecule is Cc1nc(CN2CC[C@H](Nc3ccc([N+](=O)[O-])cn3)C2)oc1C. The number of nitro groups is 1. The number of aromatic nitrogens is 2. The van der Waals surface area contributed by atoms with Crippen molar-refractivity contribution in [2.75, 3.05) is 18.4 Å². The van der Waals surface area contributed by atoms with Crippen molar-refractivity contribution in [3.8, 4) is 0 Å². The molecule has 0 bridgehead atoms. The van der Waals surface area contributed by atoms with Crippen LogP contribution in [-0.2, 0) is 6.54 Å². The van der Waals surface area contributed by atoms with Crippen LogP contribution in [0, 0.1) is 24.0 Å². The molecule has 0 radical (unpaired) electrons. The van der Waals surface area contributed by atoms with Gasteiger partial charge in [-0.25, -0.2) is 9.97 Å². The Bertz CT molecular complexity index is 678. The number of aryl methyl sites for hydroxylation is 2. The fourth-order valence-corrected chi connectivity index (χ4v) is 2.68. The minimum atomic E-state index is -0.450. The third-order valence-electron chi connectivity index (χ3n) is 4.01. The van der Waals surface area contributed by atoms with E-state index in [1.54, 1.807) is 6.07 Å². The zero-order valence-corrected chi connectivity index (χ0v) is 13.2. The minimum Gasteiger partial charge on any atom is -0.444 e. The maximum atomic E-state index is 10.6. The summed E-state index contributed by atoms with van der Waals surface area (Å²) in [7, 11) is 0. The maximum Gasteiger partial charge on any atom is 0.287 e. The standard InChI is InChI=1S/C15H19N5O3/c1-10-11(2)23-15(17-10)9-19-6-5-12(8-19)18-14-4-3-13(7-16-14)20(21)22/h3-4,7,12H,5-6,8-9H2,1-2H3,(H,16,18)/t12-/m0/s1. The van der Waals surface area contributed by atoms with Crippen LogP contribution in [0.15, 0.2) is 22.7 Å². The van der Waals surface area contributed by atoms with Crippen molar-refractivity contribution in [1.29, 1.82) is 0 Å². The van der Waals surface area contributed by atoms with E-state index in [2.05, 4.69) is 20.2 Å². The molecule has 1 aliphatic rings. The Labute approximate surface area is 133 Å². The Morgan fingerprint density at radius 1 is 1.48 bits per heavy atom.